The van der Waals surface area contributed by atoms with E-state index in [1.165, 1.54) is 23.1 Å². The molecule has 2 amide bonds. The Balaban J connectivity index is 1.98. The second kappa shape index (κ2) is 12.9. The zero-order valence-electron chi connectivity index (χ0n) is 20.5. The number of halogens is 4. The molecule has 0 radical (unpaired) electrons. The summed E-state index contributed by atoms with van der Waals surface area (Å²) in [6, 6.07) is 8.42. The van der Waals surface area contributed by atoms with E-state index < -0.39 is 28.5 Å². The van der Waals surface area contributed by atoms with E-state index in [1.54, 1.807) is 25.1 Å². The lowest BCUT2D eigenvalue weighted by atomic mass is 10.1. The van der Waals surface area contributed by atoms with Gasteiger partial charge in [-0.15, -0.1) is 0 Å². The highest BCUT2D eigenvalue weighted by molar-refractivity contribution is 7.92. The topological polar surface area (TPSA) is 86.8 Å². The Morgan fingerprint density at radius 3 is 2.22 bits per heavy atom. The number of amides is 2. The van der Waals surface area contributed by atoms with E-state index in [1.807, 2.05) is 0 Å². The Bertz CT molecular complexity index is 1250. The molecule has 37 heavy (non-hydrogen) atoms. The minimum atomic E-state index is -3.95. The summed E-state index contributed by atoms with van der Waals surface area (Å²) in [4.78, 5) is 28.5. The molecule has 1 fully saturated rings. The summed E-state index contributed by atoms with van der Waals surface area (Å²) in [5.74, 6) is -0.888. The third-order valence-corrected chi connectivity index (χ3v) is 8.57. The molecule has 3 rings (SSSR count). The van der Waals surface area contributed by atoms with Crippen LogP contribution in [0.4, 0.5) is 5.69 Å². The molecule has 1 N–H and O–H groups in total. The standard InChI is InChI=1S/C25H29Cl4N3O4S/c1-3-22(25(34)30-19-6-4-5-7-19)31(14-16-8-9-17(26)12-21(16)29)24(33)15-32(37(2,35)36)23-13-18(27)10-11-20(23)28/h8-13,19,22H,3-7,14-15H2,1-2H3,(H,30,34)/t22-/m0/s1. The average molecular weight is 609 g/mol. The van der Waals surface area contributed by atoms with Gasteiger partial charge in [-0.25, -0.2) is 8.42 Å². The monoisotopic (exact) mass is 607 g/mol. The van der Waals surface area contributed by atoms with Crippen molar-refractivity contribution in [2.75, 3.05) is 17.1 Å². The van der Waals surface area contributed by atoms with E-state index in [9.17, 15) is 18.0 Å². The minimum Gasteiger partial charge on any atom is -0.352 e. The molecule has 0 aromatic heterocycles. The van der Waals surface area contributed by atoms with Crippen molar-refractivity contribution >= 4 is 73.9 Å². The number of hydrogen-bond acceptors (Lipinski definition) is 4. The van der Waals surface area contributed by atoms with Gasteiger partial charge in [0.25, 0.3) is 0 Å². The lowest BCUT2D eigenvalue weighted by Gasteiger charge is -2.33. The Morgan fingerprint density at radius 1 is 1.00 bits per heavy atom. The van der Waals surface area contributed by atoms with Gasteiger partial charge in [0.1, 0.15) is 12.6 Å². The average Bonchev–Trinajstić information content (AvgIpc) is 3.32. The van der Waals surface area contributed by atoms with Crippen LogP contribution >= 0.6 is 46.4 Å². The van der Waals surface area contributed by atoms with E-state index in [-0.39, 0.29) is 34.2 Å². The fourth-order valence-corrected chi connectivity index (χ4v) is 6.15. The predicted octanol–water partition coefficient (Wildman–Crippen LogP) is 5.93. The normalized spacial score (nSPS) is 14.9. The summed E-state index contributed by atoms with van der Waals surface area (Å²) in [6.07, 6.45) is 5.12. The molecule has 0 unspecified atom stereocenters. The molecule has 2 aromatic rings. The Labute approximate surface area is 238 Å². The molecule has 2 aromatic carbocycles. The molecule has 7 nitrogen and oxygen atoms in total. The van der Waals surface area contributed by atoms with Crippen molar-refractivity contribution in [3.05, 3.63) is 62.1 Å². The number of rotatable bonds is 10. The molecule has 0 spiro atoms. The fraction of sp³-hybridized carbons (Fsp3) is 0.440. The number of carbonyl (C=O) groups is 2. The van der Waals surface area contributed by atoms with Crippen LogP contribution in [0.2, 0.25) is 20.1 Å². The van der Waals surface area contributed by atoms with Gasteiger partial charge in [0.2, 0.25) is 21.8 Å². The van der Waals surface area contributed by atoms with Crippen LogP contribution in [-0.2, 0) is 26.2 Å². The molecule has 12 heteroatoms. The molecular formula is C25H29Cl4N3O4S. The van der Waals surface area contributed by atoms with Crippen LogP contribution in [0.25, 0.3) is 0 Å². The van der Waals surface area contributed by atoms with Crippen molar-refractivity contribution in [1.82, 2.24) is 10.2 Å². The SMILES string of the molecule is CC[C@@H](C(=O)NC1CCCC1)N(Cc1ccc(Cl)cc1Cl)C(=O)CN(c1cc(Cl)ccc1Cl)S(C)(=O)=O. The van der Waals surface area contributed by atoms with Crippen LogP contribution in [0, 0.1) is 0 Å². The second-order valence-electron chi connectivity index (χ2n) is 9.04. The molecule has 1 atom stereocenters. The molecule has 0 saturated heterocycles. The van der Waals surface area contributed by atoms with Gasteiger partial charge < -0.3 is 10.2 Å². The highest BCUT2D eigenvalue weighted by atomic mass is 35.5. The highest BCUT2D eigenvalue weighted by Gasteiger charge is 2.33. The van der Waals surface area contributed by atoms with E-state index >= 15 is 0 Å². The number of carbonyl (C=O) groups excluding carboxylic acids is 2. The van der Waals surface area contributed by atoms with Crippen LogP contribution in [0.3, 0.4) is 0 Å². The molecular weight excluding hydrogens is 580 g/mol. The first-order valence-corrected chi connectivity index (χ1v) is 15.2. The van der Waals surface area contributed by atoms with E-state index in [0.29, 0.717) is 22.0 Å². The van der Waals surface area contributed by atoms with E-state index in [2.05, 4.69) is 5.32 Å². The third kappa shape index (κ3) is 7.90. The van der Waals surface area contributed by atoms with Gasteiger partial charge in [0.05, 0.1) is 17.0 Å². The van der Waals surface area contributed by atoms with Gasteiger partial charge in [0.15, 0.2) is 0 Å². The maximum absolute atomic E-state index is 13.8. The van der Waals surface area contributed by atoms with Gasteiger partial charge in [-0.2, -0.15) is 0 Å². The Kier molecular flexibility index (Phi) is 10.4. The van der Waals surface area contributed by atoms with Crippen molar-refractivity contribution in [3.8, 4) is 0 Å². The van der Waals surface area contributed by atoms with E-state index in [4.69, 9.17) is 46.4 Å². The minimum absolute atomic E-state index is 0.0215. The number of benzene rings is 2. The molecule has 0 heterocycles. The smallest absolute Gasteiger partial charge is 0.244 e. The summed E-state index contributed by atoms with van der Waals surface area (Å²) in [6.45, 7) is 1.19. The second-order valence-corrected chi connectivity index (χ2v) is 12.6. The summed E-state index contributed by atoms with van der Waals surface area (Å²) in [5.41, 5.74) is 0.635. The molecule has 1 aliphatic rings. The lowest BCUT2D eigenvalue weighted by molar-refractivity contribution is -0.140. The van der Waals surface area contributed by atoms with Gasteiger partial charge in [0, 0.05) is 27.7 Å². The summed E-state index contributed by atoms with van der Waals surface area (Å²) >= 11 is 24.8. The van der Waals surface area contributed by atoms with Gasteiger partial charge in [-0.05, 0) is 55.2 Å². The first kappa shape index (κ1) is 29.8. The van der Waals surface area contributed by atoms with Crippen molar-refractivity contribution in [2.45, 2.75) is 57.7 Å². The molecule has 1 aliphatic carbocycles. The van der Waals surface area contributed by atoms with E-state index in [0.717, 1.165) is 36.2 Å². The van der Waals surface area contributed by atoms with Crippen LogP contribution in [0.15, 0.2) is 36.4 Å². The predicted molar refractivity (Wildman–Crippen MR) is 150 cm³/mol. The zero-order valence-corrected chi connectivity index (χ0v) is 24.4. The fourth-order valence-electron chi connectivity index (χ4n) is 4.39. The summed E-state index contributed by atoms with van der Waals surface area (Å²) < 4.78 is 26.4. The van der Waals surface area contributed by atoms with Gasteiger partial charge in [-0.1, -0.05) is 72.2 Å². The summed E-state index contributed by atoms with van der Waals surface area (Å²) in [5, 5.41) is 4.17. The van der Waals surface area contributed by atoms with Crippen molar-refractivity contribution < 1.29 is 18.0 Å². The first-order valence-electron chi connectivity index (χ1n) is 11.9. The van der Waals surface area contributed by atoms with Crippen molar-refractivity contribution in [1.29, 1.82) is 0 Å². The quantitative estimate of drug-likeness (QED) is 0.362. The van der Waals surface area contributed by atoms with Gasteiger partial charge >= 0.3 is 0 Å². The number of nitrogens with zero attached hydrogens (tertiary/aromatic N) is 2. The van der Waals surface area contributed by atoms with Crippen molar-refractivity contribution in [2.24, 2.45) is 0 Å². The van der Waals surface area contributed by atoms with Crippen LogP contribution in [-0.4, -0.2) is 50.0 Å². The highest BCUT2D eigenvalue weighted by Crippen LogP contribution is 2.31. The largest absolute Gasteiger partial charge is 0.352 e. The molecule has 1 saturated carbocycles. The van der Waals surface area contributed by atoms with Gasteiger partial charge in [-0.3, -0.25) is 13.9 Å². The lowest BCUT2D eigenvalue weighted by Crippen LogP contribution is -2.53. The van der Waals surface area contributed by atoms with Crippen LogP contribution in [0.1, 0.15) is 44.6 Å². The third-order valence-electron chi connectivity index (χ3n) is 6.30. The number of hydrogen-bond donors (Lipinski definition) is 1. The van der Waals surface area contributed by atoms with Crippen LogP contribution in [0.5, 0.6) is 0 Å². The zero-order chi connectivity index (χ0) is 27.3. The molecule has 202 valence electrons. The van der Waals surface area contributed by atoms with Crippen molar-refractivity contribution in [3.63, 3.8) is 0 Å². The Hall–Kier alpha value is -1.71. The first-order chi connectivity index (χ1) is 17.4. The number of anilines is 1. The number of sulfonamides is 1. The molecule has 0 aliphatic heterocycles. The maximum atomic E-state index is 13.8. The molecule has 0 bridgehead atoms. The summed E-state index contributed by atoms with van der Waals surface area (Å²) in [7, 11) is -3.95. The van der Waals surface area contributed by atoms with Crippen LogP contribution < -0.4 is 9.62 Å². The maximum Gasteiger partial charge on any atom is 0.244 e. The Morgan fingerprint density at radius 2 is 1.62 bits per heavy atom. The number of nitrogens with one attached hydrogen (secondary N) is 1.